The van der Waals surface area contributed by atoms with Crippen LogP contribution in [0.15, 0.2) is 56.9 Å². The van der Waals surface area contributed by atoms with Gasteiger partial charge in [-0.15, -0.1) is 4.20 Å². The maximum absolute atomic E-state index is 15.5. The van der Waals surface area contributed by atoms with Crippen molar-refractivity contribution in [3.63, 3.8) is 0 Å². The molecule has 382 valence electrons. The van der Waals surface area contributed by atoms with Gasteiger partial charge in [0, 0.05) is 56.6 Å². The van der Waals surface area contributed by atoms with Crippen molar-refractivity contribution in [1.29, 1.82) is 0 Å². The fraction of sp³-hybridized carbons (Fsp3) is 0.600. The number of fused-ring (bicyclic) bond motifs is 5. The first kappa shape index (κ1) is 56.6. The van der Waals surface area contributed by atoms with Gasteiger partial charge in [0.05, 0.1) is 6.61 Å². The van der Waals surface area contributed by atoms with Crippen molar-refractivity contribution in [1.82, 2.24) is 0 Å². The smallest absolute Gasteiger partial charge is 0.414 e. The molecule has 6 rings (SSSR count). The Bertz CT molecular complexity index is 2530. The standard InChI is InChI=1S/C30H44FO2P.C30H46NO3P/c1-18-21-14-19(27(2,3)4)16-23(29(8,9)10)25(21)32-34(31)33-26-22(18)15-20(28(5,6)7)17-24(26)30(11,12)13;1-27(2,3)19-15-21-22-16-20(28(4,5)6)18-24(30(10,11)12)26(22)34-35(32-14-13-31)33-25(21)23(17-19)29(7,8)9/h14-18H,1-13H3;15-18H,13-14,31H2,1-12H3. The fourth-order valence-corrected chi connectivity index (χ4v) is 10.5. The number of hydrogen-bond donors (Lipinski definition) is 1. The van der Waals surface area contributed by atoms with E-state index in [0.717, 1.165) is 44.2 Å². The fourth-order valence-electron chi connectivity index (χ4n) is 8.64. The van der Waals surface area contributed by atoms with Crippen LogP contribution < -0.4 is 19.3 Å². The summed E-state index contributed by atoms with van der Waals surface area (Å²) in [5.74, 6) is 1.27. The molecule has 69 heavy (non-hydrogen) atoms. The van der Waals surface area contributed by atoms with Gasteiger partial charge in [0.25, 0.3) is 0 Å². The lowest BCUT2D eigenvalue weighted by Gasteiger charge is -2.35. The third-order valence-corrected chi connectivity index (χ3v) is 15.0. The first-order valence-corrected chi connectivity index (χ1v) is 27.3. The second-order valence-electron chi connectivity index (χ2n) is 27.8. The van der Waals surface area contributed by atoms with Crippen LogP contribution in [0.25, 0.3) is 21.9 Å². The van der Waals surface area contributed by atoms with Gasteiger partial charge in [-0.2, -0.15) is 0 Å². The Kier molecular flexibility index (Phi) is 15.8. The summed E-state index contributed by atoms with van der Waals surface area (Å²) >= 11 is 0. The highest BCUT2D eigenvalue weighted by atomic mass is 31.2. The molecule has 0 amide bonds. The van der Waals surface area contributed by atoms with E-state index in [1.165, 1.54) is 33.4 Å². The molecule has 0 saturated heterocycles. The Morgan fingerprint density at radius 1 is 0.449 bits per heavy atom. The van der Waals surface area contributed by atoms with Gasteiger partial charge in [0.15, 0.2) is 0 Å². The Labute approximate surface area is 420 Å². The van der Waals surface area contributed by atoms with E-state index >= 15 is 4.20 Å². The number of nitrogens with two attached hydrogens (primary N) is 1. The first-order valence-electron chi connectivity index (χ1n) is 25.1. The van der Waals surface area contributed by atoms with Crippen molar-refractivity contribution in [2.45, 2.75) is 222 Å². The molecule has 0 radical (unpaired) electrons. The molecule has 1 aliphatic heterocycles. The largest absolute Gasteiger partial charge is 0.505 e. The zero-order chi connectivity index (χ0) is 52.6. The van der Waals surface area contributed by atoms with E-state index < -0.39 is 16.9 Å². The summed E-state index contributed by atoms with van der Waals surface area (Å²) < 4.78 is 46.9. The highest BCUT2D eigenvalue weighted by Crippen LogP contribution is 2.56. The van der Waals surface area contributed by atoms with E-state index in [9.17, 15) is 0 Å². The number of halogens is 1. The molecular formula is C60H90FNO5P2. The molecule has 0 fully saturated rings. The molecule has 1 aromatic heterocycles. The predicted octanol–water partition coefficient (Wildman–Crippen LogP) is 18.9. The predicted molar refractivity (Wildman–Crippen MR) is 296 cm³/mol. The van der Waals surface area contributed by atoms with Crippen molar-refractivity contribution < 1.29 is 26.2 Å². The molecule has 2 N–H and O–H groups in total. The quantitative estimate of drug-likeness (QED) is 0.181. The van der Waals surface area contributed by atoms with Gasteiger partial charge >= 0.3 is 16.9 Å². The van der Waals surface area contributed by atoms with Crippen LogP contribution in [0, 0.1) is 0 Å². The van der Waals surface area contributed by atoms with Crippen molar-refractivity contribution in [2.75, 3.05) is 13.2 Å². The van der Waals surface area contributed by atoms with Crippen molar-refractivity contribution in [3.05, 3.63) is 104 Å². The molecule has 0 unspecified atom stereocenters. The van der Waals surface area contributed by atoms with Crippen molar-refractivity contribution in [3.8, 4) is 11.5 Å². The van der Waals surface area contributed by atoms with Crippen LogP contribution in [0.5, 0.6) is 11.5 Å². The second-order valence-corrected chi connectivity index (χ2v) is 29.7. The summed E-state index contributed by atoms with van der Waals surface area (Å²) in [4.78, 5) is 0. The highest BCUT2D eigenvalue weighted by molar-refractivity contribution is 7.42. The molecular weight excluding hydrogens is 896 g/mol. The van der Waals surface area contributed by atoms with Gasteiger partial charge in [0.1, 0.15) is 22.7 Å². The van der Waals surface area contributed by atoms with Crippen LogP contribution in [0.2, 0.25) is 0 Å². The molecule has 6 nitrogen and oxygen atoms in total. The van der Waals surface area contributed by atoms with E-state index in [0.29, 0.717) is 24.7 Å². The number of hydrogen-bond acceptors (Lipinski definition) is 6. The summed E-state index contributed by atoms with van der Waals surface area (Å²) in [6, 6.07) is 18.1. The van der Waals surface area contributed by atoms with Gasteiger partial charge in [-0.25, -0.2) is 0 Å². The van der Waals surface area contributed by atoms with Gasteiger partial charge in [0.2, 0.25) is 0 Å². The molecule has 2 heterocycles. The van der Waals surface area contributed by atoms with Crippen LogP contribution in [-0.2, 0) is 43.3 Å². The Balaban J connectivity index is 0.000000258. The Morgan fingerprint density at radius 3 is 1.01 bits per heavy atom. The third-order valence-electron chi connectivity index (χ3n) is 13.3. The molecule has 4 aromatic carbocycles. The summed E-state index contributed by atoms with van der Waals surface area (Å²) in [5.41, 5.74) is 18.2. The molecule has 5 aromatic rings. The number of benzene rings is 4. The van der Waals surface area contributed by atoms with E-state index in [2.05, 4.69) is 222 Å². The molecule has 0 bridgehead atoms. The van der Waals surface area contributed by atoms with E-state index in [4.69, 9.17) is 27.7 Å². The lowest BCUT2D eigenvalue weighted by atomic mass is 9.74. The van der Waals surface area contributed by atoms with Gasteiger partial charge in [-0.05, 0) is 77.7 Å². The third kappa shape index (κ3) is 12.8. The molecule has 0 atom stereocenters. The molecule has 0 spiro atoms. The Morgan fingerprint density at radius 2 is 0.739 bits per heavy atom. The zero-order valence-corrected chi connectivity index (χ0v) is 49.3. The molecule has 1 aliphatic rings. The molecule has 9 heteroatoms. The Hall–Kier alpha value is -3.34. The minimum absolute atomic E-state index is 0.0134. The minimum atomic E-state index is -2.63. The minimum Gasteiger partial charge on any atom is -0.414 e. The maximum atomic E-state index is 15.5. The monoisotopic (exact) mass is 986 g/mol. The summed E-state index contributed by atoms with van der Waals surface area (Å²) in [6.07, 6.45) is 0. The van der Waals surface area contributed by atoms with Crippen LogP contribution in [0.1, 0.15) is 235 Å². The van der Waals surface area contributed by atoms with E-state index in [1.807, 2.05) is 0 Å². The van der Waals surface area contributed by atoms with Gasteiger partial charge < -0.3 is 23.2 Å². The molecule has 0 saturated carbocycles. The topological polar surface area (TPSA) is 80.0 Å². The highest BCUT2D eigenvalue weighted by Gasteiger charge is 2.37. The van der Waals surface area contributed by atoms with Crippen LogP contribution in [0.3, 0.4) is 0 Å². The van der Waals surface area contributed by atoms with Gasteiger partial charge in [-0.3, -0.25) is 4.52 Å². The lowest BCUT2D eigenvalue weighted by Crippen LogP contribution is -2.22. The van der Waals surface area contributed by atoms with Crippen LogP contribution in [-0.4, -0.2) is 13.2 Å². The van der Waals surface area contributed by atoms with Crippen molar-refractivity contribution in [2.24, 2.45) is 5.73 Å². The zero-order valence-electron chi connectivity index (χ0n) is 47.5. The summed E-state index contributed by atoms with van der Waals surface area (Å²) in [6.45, 7) is 56.3. The van der Waals surface area contributed by atoms with E-state index in [1.54, 1.807) is 0 Å². The van der Waals surface area contributed by atoms with E-state index in [-0.39, 0.29) is 49.2 Å². The summed E-state index contributed by atoms with van der Waals surface area (Å²) in [5, 5.41) is 2.16. The van der Waals surface area contributed by atoms with Crippen LogP contribution >= 0.6 is 16.9 Å². The van der Waals surface area contributed by atoms with Gasteiger partial charge in [-0.1, -0.05) is 209 Å². The normalized spacial score (nSPS) is 16.4. The average molecular weight is 986 g/mol. The summed E-state index contributed by atoms with van der Waals surface area (Å²) in [7, 11) is -4.29. The van der Waals surface area contributed by atoms with Crippen molar-refractivity contribution >= 4 is 38.9 Å². The second kappa shape index (κ2) is 19.3. The average Bonchev–Trinajstić information content (AvgIpc) is 3.32. The number of rotatable bonds is 3. The maximum Gasteiger partial charge on any atom is 0.505 e. The molecule has 0 aliphatic carbocycles. The first-order chi connectivity index (χ1) is 31.0. The lowest BCUT2D eigenvalue weighted by molar-refractivity contribution is 0.380. The van der Waals surface area contributed by atoms with Crippen LogP contribution in [0.4, 0.5) is 4.20 Å². The SMILES string of the molecule is CC(C)(C)c1cc(C(C)(C)C)c2op(OCCN)oc3c(C(C)(C)C)cc(C(C)(C)C)cc3c2c1.CC1c2cc(C(C)(C)C)cc(C(C)(C)C)c2OP(F)Oc2c1cc(C(C)(C)C)cc2C(C)(C)C.